The second kappa shape index (κ2) is 12.5. The summed E-state index contributed by atoms with van der Waals surface area (Å²) in [5.41, 5.74) is 10.7. The molecule has 0 radical (unpaired) electrons. The highest BCUT2D eigenvalue weighted by Gasteiger charge is 1.98. The Bertz CT molecular complexity index is 162. The minimum atomic E-state index is 0.133. The van der Waals surface area contributed by atoms with Gasteiger partial charge in [-0.25, -0.2) is 0 Å². The molecule has 1 amide bonds. The fourth-order valence-electron chi connectivity index (χ4n) is 1.56. The number of carbonyl (C=O) groups excluding carboxylic acids is 1. The van der Waals surface area contributed by atoms with E-state index in [0.717, 1.165) is 32.4 Å². The minimum absolute atomic E-state index is 0.133. The molecule has 0 atom stereocenters. The number of rotatable bonds is 11. The van der Waals surface area contributed by atoms with Crippen molar-refractivity contribution in [2.75, 3.05) is 19.6 Å². The van der Waals surface area contributed by atoms with E-state index < -0.39 is 0 Å². The largest absolute Gasteiger partial charge is 0.356 e. The summed E-state index contributed by atoms with van der Waals surface area (Å²) < 4.78 is 0. The number of nitrogens with two attached hydrogens (primary N) is 2. The lowest BCUT2D eigenvalue weighted by Gasteiger charge is -2.04. The molecule has 0 saturated heterocycles. The van der Waals surface area contributed by atoms with Crippen LogP contribution in [-0.4, -0.2) is 25.5 Å². The molecule has 0 aliphatic heterocycles. The van der Waals surface area contributed by atoms with E-state index in [0.29, 0.717) is 13.0 Å². The summed E-state index contributed by atoms with van der Waals surface area (Å²) in [5.74, 6) is 0.133. The van der Waals surface area contributed by atoms with Gasteiger partial charge < -0.3 is 16.8 Å². The SMILES string of the molecule is NCCCCCCCCNC(=O)CCCN. The molecule has 0 aromatic rings. The third kappa shape index (κ3) is 11.5. The molecule has 0 aliphatic carbocycles. The van der Waals surface area contributed by atoms with Gasteiger partial charge in [0.05, 0.1) is 0 Å². The normalized spacial score (nSPS) is 10.4. The van der Waals surface area contributed by atoms with Crippen LogP contribution in [0, 0.1) is 0 Å². The molecule has 0 rings (SSSR count). The summed E-state index contributed by atoms with van der Waals surface area (Å²) in [6.07, 6.45) is 8.50. The van der Waals surface area contributed by atoms with E-state index in [1.807, 2.05) is 0 Å². The smallest absolute Gasteiger partial charge is 0.220 e. The van der Waals surface area contributed by atoms with E-state index in [9.17, 15) is 4.79 Å². The number of carbonyl (C=O) groups is 1. The van der Waals surface area contributed by atoms with Crippen LogP contribution in [0.1, 0.15) is 51.4 Å². The van der Waals surface area contributed by atoms with Gasteiger partial charge in [0.15, 0.2) is 0 Å². The standard InChI is InChI=1S/C12H27N3O/c13-9-5-3-1-2-4-6-11-15-12(16)8-7-10-14/h1-11,13-14H2,(H,15,16). The van der Waals surface area contributed by atoms with E-state index in [1.165, 1.54) is 25.7 Å². The summed E-state index contributed by atoms with van der Waals surface area (Å²) in [6, 6.07) is 0. The van der Waals surface area contributed by atoms with Crippen molar-refractivity contribution in [1.29, 1.82) is 0 Å². The number of hydrogen-bond donors (Lipinski definition) is 3. The Morgan fingerprint density at radius 1 is 0.812 bits per heavy atom. The van der Waals surface area contributed by atoms with Crippen molar-refractivity contribution in [2.45, 2.75) is 51.4 Å². The molecule has 0 heterocycles. The first-order chi connectivity index (χ1) is 7.81. The highest BCUT2D eigenvalue weighted by Crippen LogP contribution is 2.03. The van der Waals surface area contributed by atoms with Gasteiger partial charge in [-0.15, -0.1) is 0 Å². The zero-order valence-electron chi connectivity index (χ0n) is 10.3. The Balaban J connectivity index is 3.05. The second-order valence-electron chi connectivity index (χ2n) is 4.15. The summed E-state index contributed by atoms with van der Waals surface area (Å²) in [5, 5.41) is 2.91. The Kier molecular flexibility index (Phi) is 12.0. The predicted molar refractivity (Wildman–Crippen MR) is 68.1 cm³/mol. The monoisotopic (exact) mass is 229 g/mol. The maximum absolute atomic E-state index is 11.2. The average Bonchev–Trinajstić information content (AvgIpc) is 2.30. The fourth-order valence-corrected chi connectivity index (χ4v) is 1.56. The lowest BCUT2D eigenvalue weighted by Crippen LogP contribution is -2.24. The van der Waals surface area contributed by atoms with E-state index in [-0.39, 0.29) is 5.91 Å². The van der Waals surface area contributed by atoms with E-state index >= 15 is 0 Å². The van der Waals surface area contributed by atoms with Gasteiger partial charge in [0.25, 0.3) is 0 Å². The molecule has 4 heteroatoms. The second-order valence-corrected chi connectivity index (χ2v) is 4.15. The lowest BCUT2D eigenvalue weighted by atomic mass is 10.1. The number of nitrogens with one attached hydrogen (secondary N) is 1. The van der Waals surface area contributed by atoms with E-state index in [2.05, 4.69) is 5.32 Å². The zero-order chi connectivity index (χ0) is 12.1. The molecule has 0 spiro atoms. The Hall–Kier alpha value is -0.610. The van der Waals surface area contributed by atoms with Crippen LogP contribution < -0.4 is 16.8 Å². The quantitative estimate of drug-likeness (QED) is 0.465. The van der Waals surface area contributed by atoms with Gasteiger partial charge in [-0.2, -0.15) is 0 Å². The summed E-state index contributed by atoms with van der Waals surface area (Å²) in [6.45, 7) is 2.20. The van der Waals surface area contributed by atoms with Crippen molar-refractivity contribution < 1.29 is 4.79 Å². The topological polar surface area (TPSA) is 81.1 Å². The molecule has 5 N–H and O–H groups in total. The van der Waals surface area contributed by atoms with Gasteiger partial charge in [-0.05, 0) is 32.4 Å². The first kappa shape index (κ1) is 15.4. The molecule has 96 valence electrons. The molecule has 0 unspecified atom stereocenters. The maximum Gasteiger partial charge on any atom is 0.220 e. The molecule has 0 bridgehead atoms. The molecule has 0 fully saturated rings. The van der Waals surface area contributed by atoms with Gasteiger partial charge in [0, 0.05) is 13.0 Å². The maximum atomic E-state index is 11.2. The van der Waals surface area contributed by atoms with Crippen LogP contribution in [0.15, 0.2) is 0 Å². The number of amides is 1. The Morgan fingerprint density at radius 3 is 2.00 bits per heavy atom. The van der Waals surface area contributed by atoms with Crippen LogP contribution in [0.25, 0.3) is 0 Å². The summed E-state index contributed by atoms with van der Waals surface area (Å²) >= 11 is 0. The first-order valence-corrected chi connectivity index (χ1v) is 6.48. The Morgan fingerprint density at radius 2 is 1.38 bits per heavy atom. The number of hydrogen-bond acceptors (Lipinski definition) is 3. The average molecular weight is 229 g/mol. The van der Waals surface area contributed by atoms with Crippen molar-refractivity contribution >= 4 is 5.91 Å². The highest BCUT2D eigenvalue weighted by atomic mass is 16.1. The van der Waals surface area contributed by atoms with Crippen LogP contribution in [0.4, 0.5) is 0 Å². The molecule has 0 aromatic heterocycles. The molecule has 4 nitrogen and oxygen atoms in total. The van der Waals surface area contributed by atoms with Crippen LogP contribution in [-0.2, 0) is 4.79 Å². The minimum Gasteiger partial charge on any atom is -0.356 e. The van der Waals surface area contributed by atoms with Crippen molar-refractivity contribution in [1.82, 2.24) is 5.32 Å². The van der Waals surface area contributed by atoms with Gasteiger partial charge in [-0.3, -0.25) is 4.79 Å². The third-order valence-corrected chi connectivity index (χ3v) is 2.56. The molecule has 16 heavy (non-hydrogen) atoms. The molecule has 0 saturated carbocycles. The Labute approximate surface area is 99.1 Å². The first-order valence-electron chi connectivity index (χ1n) is 6.48. The van der Waals surface area contributed by atoms with Crippen molar-refractivity contribution in [3.63, 3.8) is 0 Å². The predicted octanol–water partition coefficient (Wildman–Crippen LogP) is 1.14. The zero-order valence-corrected chi connectivity index (χ0v) is 10.3. The van der Waals surface area contributed by atoms with Crippen LogP contribution in [0.2, 0.25) is 0 Å². The van der Waals surface area contributed by atoms with E-state index in [4.69, 9.17) is 11.5 Å². The van der Waals surface area contributed by atoms with Crippen molar-refractivity contribution in [3.8, 4) is 0 Å². The van der Waals surface area contributed by atoms with Crippen LogP contribution in [0.3, 0.4) is 0 Å². The van der Waals surface area contributed by atoms with Crippen LogP contribution >= 0.6 is 0 Å². The summed E-state index contributed by atoms with van der Waals surface area (Å²) in [4.78, 5) is 11.2. The fraction of sp³-hybridized carbons (Fsp3) is 0.917. The van der Waals surface area contributed by atoms with E-state index in [1.54, 1.807) is 0 Å². The van der Waals surface area contributed by atoms with Crippen LogP contribution in [0.5, 0.6) is 0 Å². The van der Waals surface area contributed by atoms with Crippen molar-refractivity contribution in [2.24, 2.45) is 11.5 Å². The van der Waals surface area contributed by atoms with Gasteiger partial charge in [0.1, 0.15) is 0 Å². The summed E-state index contributed by atoms with van der Waals surface area (Å²) in [7, 11) is 0. The molecular weight excluding hydrogens is 202 g/mol. The number of unbranched alkanes of at least 4 members (excludes halogenated alkanes) is 5. The highest BCUT2D eigenvalue weighted by molar-refractivity contribution is 5.75. The molecule has 0 aromatic carbocycles. The van der Waals surface area contributed by atoms with Gasteiger partial charge in [0.2, 0.25) is 5.91 Å². The van der Waals surface area contributed by atoms with Gasteiger partial charge in [-0.1, -0.05) is 25.7 Å². The van der Waals surface area contributed by atoms with Gasteiger partial charge >= 0.3 is 0 Å². The third-order valence-electron chi connectivity index (χ3n) is 2.56. The lowest BCUT2D eigenvalue weighted by molar-refractivity contribution is -0.121. The molecular formula is C12H27N3O. The molecule has 0 aliphatic rings. The van der Waals surface area contributed by atoms with Crippen molar-refractivity contribution in [3.05, 3.63) is 0 Å².